The molecule has 4 heterocycles. The molecule has 0 saturated carbocycles. The summed E-state index contributed by atoms with van der Waals surface area (Å²) in [5.41, 5.74) is 17.3. The van der Waals surface area contributed by atoms with E-state index in [1.165, 1.54) is 0 Å². The van der Waals surface area contributed by atoms with Crippen molar-refractivity contribution in [2.75, 3.05) is 9.80 Å². The van der Waals surface area contributed by atoms with Crippen LogP contribution in [0.25, 0.3) is 121 Å². The van der Waals surface area contributed by atoms with E-state index in [4.69, 9.17) is 17.7 Å². The number of fused-ring (bicyclic) bond motifs is 9. The van der Waals surface area contributed by atoms with Gasteiger partial charge in [-0.1, -0.05) is 158 Å². The molecule has 0 aliphatic rings. The molecule has 16 aromatic rings. The molecule has 0 amide bonds. The van der Waals surface area contributed by atoms with Crippen LogP contribution in [0.3, 0.4) is 0 Å². The van der Waals surface area contributed by atoms with Crippen molar-refractivity contribution in [3.05, 3.63) is 279 Å². The molecule has 376 valence electrons. The molecule has 6 nitrogen and oxygen atoms in total. The zero-order valence-electron chi connectivity index (χ0n) is 43.1. The van der Waals surface area contributed by atoms with E-state index < -0.39 is 0 Å². The predicted octanol–water partition coefficient (Wildman–Crippen LogP) is 21.7. The van der Waals surface area contributed by atoms with Crippen LogP contribution in [-0.2, 0) is 0 Å². The third-order valence-electron chi connectivity index (χ3n) is 15.6. The second kappa shape index (κ2) is 18.4. The highest BCUT2D eigenvalue weighted by Crippen LogP contribution is 2.50. The standard InChI is InChI=1S/C74H46N2O4/c1-7-19-47(20-8-1)57-35-37-65-63(45-67(77-65)49-23-11-3-12-24-49)73(57)75(53-27-15-5-16-28-53)55-31-33-59-61-39-51-42-70-62(40-52(51)41-69(61)79-71(59)43-55)60-34-32-56(44-72(60)80-70)76(54-29-17-6-18-30-54)74-58(48-21-9-2-10-22-48)36-38-66-64(74)46-68(78-66)50-25-13-4-14-26-50/h1-46H. The summed E-state index contributed by atoms with van der Waals surface area (Å²) in [6.45, 7) is 0. The Morgan fingerprint density at radius 2 is 0.562 bits per heavy atom. The van der Waals surface area contributed by atoms with Crippen molar-refractivity contribution in [1.29, 1.82) is 0 Å². The minimum Gasteiger partial charge on any atom is -0.456 e. The Balaban J connectivity index is 0.824. The summed E-state index contributed by atoms with van der Waals surface area (Å²) >= 11 is 0. The van der Waals surface area contributed by atoms with Gasteiger partial charge in [-0.3, -0.25) is 0 Å². The van der Waals surface area contributed by atoms with Crippen LogP contribution in [-0.4, -0.2) is 0 Å². The first-order valence-electron chi connectivity index (χ1n) is 27.0. The van der Waals surface area contributed by atoms with Crippen LogP contribution in [0, 0.1) is 0 Å². The van der Waals surface area contributed by atoms with Crippen LogP contribution in [0.15, 0.2) is 297 Å². The van der Waals surface area contributed by atoms with Crippen molar-refractivity contribution in [2.24, 2.45) is 0 Å². The molecule has 0 unspecified atom stereocenters. The van der Waals surface area contributed by atoms with Crippen LogP contribution >= 0.6 is 0 Å². The van der Waals surface area contributed by atoms with Gasteiger partial charge in [0.2, 0.25) is 0 Å². The molecule has 0 fully saturated rings. The van der Waals surface area contributed by atoms with E-state index in [1.54, 1.807) is 0 Å². The van der Waals surface area contributed by atoms with E-state index in [2.05, 4.69) is 252 Å². The second-order valence-corrected chi connectivity index (χ2v) is 20.4. The van der Waals surface area contributed by atoms with Crippen LogP contribution in [0.5, 0.6) is 0 Å². The highest BCUT2D eigenvalue weighted by atomic mass is 16.3. The van der Waals surface area contributed by atoms with E-state index in [1.807, 2.05) is 36.4 Å². The average molecular weight is 1030 g/mol. The monoisotopic (exact) mass is 1030 g/mol. The number of hydrogen-bond acceptors (Lipinski definition) is 6. The molecule has 0 radical (unpaired) electrons. The Labute approximate surface area is 459 Å². The third kappa shape index (κ3) is 7.57. The number of benzene rings is 12. The van der Waals surface area contributed by atoms with E-state index in [-0.39, 0.29) is 0 Å². The quantitative estimate of drug-likeness (QED) is 0.136. The lowest BCUT2D eigenvalue weighted by atomic mass is 9.98. The van der Waals surface area contributed by atoms with E-state index in [0.29, 0.717) is 0 Å². The fourth-order valence-electron chi connectivity index (χ4n) is 11.9. The van der Waals surface area contributed by atoms with Gasteiger partial charge < -0.3 is 27.5 Å². The van der Waals surface area contributed by atoms with Crippen molar-refractivity contribution in [1.82, 2.24) is 0 Å². The van der Waals surface area contributed by atoms with Gasteiger partial charge in [0, 0.05) is 89.5 Å². The fraction of sp³-hybridized carbons (Fsp3) is 0. The molecule has 0 N–H and O–H groups in total. The van der Waals surface area contributed by atoms with E-state index >= 15 is 0 Å². The van der Waals surface area contributed by atoms with E-state index in [9.17, 15) is 0 Å². The van der Waals surface area contributed by atoms with Gasteiger partial charge in [0.05, 0.1) is 11.4 Å². The number of anilines is 6. The normalized spacial score (nSPS) is 11.8. The highest BCUT2D eigenvalue weighted by Gasteiger charge is 2.26. The summed E-state index contributed by atoms with van der Waals surface area (Å²) in [4.78, 5) is 4.67. The zero-order chi connectivity index (χ0) is 52.7. The van der Waals surface area contributed by atoms with Crippen LogP contribution in [0.2, 0.25) is 0 Å². The molecular formula is C74H46N2O4. The maximum atomic E-state index is 6.91. The Morgan fingerprint density at radius 1 is 0.212 bits per heavy atom. The number of rotatable bonds is 10. The largest absolute Gasteiger partial charge is 0.456 e. The van der Waals surface area contributed by atoms with Gasteiger partial charge in [0.1, 0.15) is 45.0 Å². The molecule has 4 aromatic heterocycles. The summed E-state index contributed by atoms with van der Waals surface area (Å²) in [6, 6.07) is 97.7. The topological polar surface area (TPSA) is 59.0 Å². The summed E-state index contributed by atoms with van der Waals surface area (Å²) in [5, 5.41) is 8.28. The first kappa shape index (κ1) is 45.4. The van der Waals surface area contributed by atoms with Gasteiger partial charge in [0.15, 0.2) is 0 Å². The molecule has 0 aliphatic heterocycles. The van der Waals surface area contributed by atoms with Gasteiger partial charge in [-0.2, -0.15) is 0 Å². The molecule has 0 saturated heterocycles. The lowest BCUT2D eigenvalue weighted by Crippen LogP contribution is -2.11. The molecular weight excluding hydrogens is 981 g/mol. The smallest absolute Gasteiger partial charge is 0.137 e. The second-order valence-electron chi connectivity index (χ2n) is 20.4. The molecule has 12 aromatic carbocycles. The number of para-hydroxylation sites is 2. The highest BCUT2D eigenvalue weighted by molar-refractivity contribution is 6.17. The average Bonchev–Trinajstić information content (AvgIpc) is 4.38. The lowest BCUT2D eigenvalue weighted by molar-refractivity contribution is 0.631. The summed E-state index contributed by atoms with van der Waals surface area (Å²) in [5.74, 6) is 1.63. The van der Waals surface area contributed by atoms with Gasteiger partial charge in [-0.05, 0) is 131 Å². The summed E-state index contributed by atoms with van der Waals surface area (Å²) < 4.78 is 27.1. The zero-order valence-corrected chi connectivity index (χ0v) is 43.1. The predicted molar refractivity (Wildman–Crippen MR) is 329 cm³/mol. The van der Waals surface area contributed by atoms with Gasteiger partial charge >= 0.3 is 0 Å². The maximum Gasteiger partial charge on any atom is 0.137 e. The van der Waals surface area contributed by atoms with Crippen LogP contribution < -0.4 is 9.80 Å². The first-order chi connectivity index (χ1) is 39.6. The molecule has 0 aliphatic carbocycles. The summed E-state index contributed by atoms with van der Waals surface area (Å²) in [6.07, 6.45) is 0. The lowest BCUT2D eigenvalue weighted by Gasteiger charge is -2.28. The minimum atomic E-state index is 0.793. The van der Waals surface area contributed by atoms with Crippen molar-refractivity contribution < 1.29 is 17.7 Å². The number of furan rings is 4. The molecule has 0 bridgehead atoms. The molecule has 6 heteroatoms. The Morgan fingerprint density at radius 3 is 0.950 bits per heavy atom. The minimum absolute atomic E-state index is 0.793. The molecule has 16 rings (SSSR count). The van der Waals surface area contributed by atoms with Crippen molar-refractivity contribution in [3.8, 4) is 44.9 Å². The fourth-order valence-corrected chi connectivity index (χ4v) is 11.9. The SMILES string of the molecule is c1ccc(-c2cc3c(N(c4ccccc4)c4ccc5c(c4)oc4cc6cc7c(cc6cc45)oc4cc(N(c5ccccc5)c5c(-c6ccccc6)ccc6oc(-c8ccccc8)cc56)ccc47)c(-c4ccccc4)ccc3o2)cc1. The van der Waals surface area contributed by atoms with E-state index in [0.717, 1.165) is 156 Å². The first-order valence-corrected chi connectivity index (χ1v) is 27.0. The molecule has 80 heavy (non-hydrogen) atoms. The van der Waals surface area contributed by atoms with Gasteiger partial charge in [-0.25, -0.2) is 0 Å². The Kier molecular flexibility index (Phi) is 10.5. The maximum absolute atomic E-state index is 6.91. The van der Waals surface area contributed by atoms with Gasteiger partial charge in [-0.15, -0.1) is 0 Å². The third-order valence-corrected chi connectivity index (χ3v) is 15.6. The van der Waals surface area contributed by atoms with Crippen molar-refractivity contribution >= 4 is 111 Å². The Hall–Kier alpha value is -10.8. The van der Waals surface area contributed by atoms with Gasteiger partial charge in [0.25, 0.3) is 0 Å². The van der Waals surface area contributed by atoms with Crippen molar-refractivity contribution in [3.63, 3.8) is 0 Å². The number of nitrogens with zero attached hydrogens (tertiary/aromatic N) is 2. The van der Waals surface area contributed by atoms with Crippen LogP contribution in [0.1, 0.15) is 0 Å². The Bertz CT molecular complexity index is 4670. The molecule has 0 spiro atoms. The summed E-state index contributed by atoms with van der Waals surface area (Å²) in [7, 11) is 0. The molecule has 0 atom stereocenters. The van der Waals surface area contributed by atoms with Crippen LogP contribution in [0.4, 0.5) is 34.1 Å². The number of hydrogen-bond donors (Lipinski definition) is 0. The van der Waals surface area contributed by atoms with Crippen molar-refractivity contribution in [2.45, 2.75) is 0 Å².